The Morgan fingerprint density at radius 1 is 1.45 bits per heavy atom. The van der Waals surface area contributed by atoms with Crippen molar-refractivity contribution in [3.8, 4) is 5.75 Å². The lowest BCUT2D eigenvalue weighted by Gasteiger charge is -2.33. The van der Waals surface area contributed by atoms with Crippen LogP contribution in [0.25, 0.3) is 0 Å². The van der Waals surface area contributed by atoms with Crippen molar-refractivity contribution in [2.75, 3.05) is 19.7 Å². The fourth-order valence-corrected chi connectivity index (χ4v) is 2.48. The largest absolute Gasteiger partial charge is 0.489 e. The Labute approximate surface area is 131 Å². The number of piperidine rings is 1. The molecule has 1 amide bonds. The van der Waals surface area contributed by atoms with Gasteiger partial charge in [-0.1, -0.05) is 19.1 Å². The van der Waals surface area contributed by atoms with Crippen LogP contribution in [0.2, 0.25) is 0 Å². The van der Waals surface area contributed by atoms with Gasteiger partial charge in [0.05, 0.1) is 5.41 Å². The Kier molecular flexibility index (Phi) is 5.40. The third-order valence-corrected chi connectivity index (χ3v) is 4.14. The molecule has 5 heteroatoms. The van der Waals surface area contributed by atoms with Crippen LogP contribution in [-0.4, -0.2) is 31.6 Å². The van der Waals surface area contributed by atoms with E-state index in [2.05, 4.69) is 17.6 Å². The number of benzene rings is 1. The minimum Gasteiger partial charge on any atom is -0.489 e. The van der Waals surface area contributed by atoms with Gasteiger partial charge in [-0.25, -0.2) is 4.39 Å². The molecule has 1 aromatic rings. The molecule has 1 fully saturated rings. The molecule has 0 radical (unpaired) electrons. The second kappa shape index (κ2) is 7.09. The second-order valence-corrected chi connectivity index (χ2v) is 6.65. The van der Waals surface area contributed by atoms with Gasteiger partial charge >= 0.3 is 0 Å². The first-order valence-electron chi connectivity index (χ1n) is 7.79. The Morgan fingerprint density at radius 2 is 2.18 bits per heavy atom. The molecule has 1 saturated heterocycles. The highest BCUT2D eigenvalue weighted by atomic mass is 19.1. The maximum absolute atomic E-state index is 13.6. The number of amides is 1. The number of hydrogen-bond acceptors (Lipinski definition) is 3. The molecule has 22 heavy (non-hydrogen) atoms. The molecule has 2 rings (SSSR count). The van der Waals surface area contributed by atoms with Crippen molar-refractivity contribution in [3.63, 3.8) is 0 Å². The number of nitrogens with one attached hydrogen (secondary N) is 2. The summed E-state index contributed by atoms with van der Waals surface area (Å²) in [5.74, 6) is 0.118. The monoisotopic (exact) mass is 308 g/mol. The molecule has 2 atom stereocenters. The maximum Gasteiger partial charge on any atom is 0.229 e. The van der Waals surface area contributed by atoms with E-state index in [4.69, 9.17) is 4.74 Å². The quantitative estimate of drug-likeness (QED) is 0.878. The predicted octanol–water partition coefficient (Wildman–Crippen LogP) is 2.34. The lowest BCUT2D eigenvalue weighted by Crippen LogP contribution is -2.52. The third kappa shape index (κ3) is 4.19. The fraction of sp³-hybridized carbons (Fsp3) is 0.588. The summed E-state index contributed by atoms with van der Waals surface area (Å²) in [5.41, 5.74) is -0.715. The van der Waals surface area contributed by atoms with Crippen molar-refractivity contribution in [3.05, 3.63) is 30.1 Å². The first-order chi connectivity index (χ1) is 10.4. The van der Waals surface area contributed by atoms with Crippen molar-refractivity contribution in [1.82, 2.24) is 10.6 Å². The topological polar surface area (TPSA) is 50.4 Å². The van der Waals surface area contributed by atoms with Crippen molar-refractivity contribution >= 4 is 5.91 Å². The summed E-state index contributed by atoms with van der Waals surface area (Å²) in [6.07, 6.45) is 0.928. The van der Waals surface area contributed by atoms with Crippen LogP contribution in [0, 0.1) is 17.2 Å². The highest BCUT2D eigenvalue weighted by Gasteiger charge is 2.32. The lowest BCUT2D eigenvalue weighted by molar-refractivity contribution is -0.132. The minimum atomic E-state index is -0.715. The molecule has 1 aliphatic heterocycles. The molecule has 1 aliphatic rings. The lowest BCUT2D eigenvalue weighted by atomic mass is 9.90. The average molecular weight is 308 g/mol. The number of hydrogen-bond donors (Lipinski definition) is 2. The molecule has 0 saturated carbocycles. The highest BCUT2D eigenvalue weighted by Crippen LogP contribution is 2.22. The van der Waals surface area contributed by atoms with E-state index in [9.17, 15) is 9.18 Å². The van der Waals surface area contributed by atoms with E-state index in [1.165, 1.54) is 6.07 Å². The van der Waals surface area contributed by atoms with Crippen molar-refractivity contribution in [2.45, 2.75) is 33.2 Å². The van der Waals surface area contributed by atoms with Gasteiger partial charge in [0, 0.05) is 6.04 Å². The summed E-state index contributed by atoms with van der Waals surface area (Å²) in [5, 5.41) is 6.42. The molecule has 2 N–H and O–H groups in total. The number of carbonyl (C=O) groups excluding carboxylic acids is 1. The number of halogens is 1. The molecule has 1 heterocycles. The molecule has 122 valence electrons. The van der Waals surface area contributed by atoms with E-state index in [-0.39, 0.29) is 24.3 Å². The maximum atomic E-state index is 13.6. The van der Waals surface area contributed by atoms with Gasteiger partial charge in [0.15, 0.2) is 11.6 Å². The second-order valence-electron chi connectivity index (χ2n) is 6.65. The van der Waals surface area contributed by atoms with Gasteiger partial charge in [0.1, 0.15) is 6.61 Å². The highest BCUT2D eigenvalue weighted by molar-refractivity contribution is 5.82. The van der Waals surface area contributed by atoms with Gasteiger partial charge in [0.25, 0.3) is 0 Å². The Hall–Kier alpha value is -1.62. The van der Waals surface area contributed by atoms with E-state index >= 15 is 0 Å². The van der Waals surface area contributed by atoms with Crippen LogP contribution in [0.4, 0.5) is 4.39 Å². The zero-order chi connectivity index (χ0) is 16.2. The summed E-state index contributed by atoms with van der Waals surface area (Å²) in [7, 11) is 0. The van der Waals surface area contributed by atoms with Crippen LogP contribution in [0.5, 0.6) is 5.75 Å². The number of carbonyl (C=O) groups is 1. The Bertz CT molecular complexity index is 519. The standard InChI is InChI=1S/C17H25FN2O2/c1-12-10-19-9-8-14(12)20-16(21)17(2,3)11-22-15-7-5-4-6-13(15)18/h4-7,12,14,19H,8-11H2,1-3H3,(H,20,21)/t12-,14-/m0/s1. The van der Waals surface area contributed by atoms with E-state index in [1.54, 1.807) is 18.2 Å². The molecule has 0 bridgehead atoms. The van der Waals surface area contributed by atoms with Gasteiger partial charge < -0.3 is 15.4 Å². The molecule has 4 nitrogen and oxygen atoms in total. The van der Waals surface area contributed by atoms with E-state index in [1.807, 2.05) is 13.8 Å². The summed E-state index contributed by atoms with van der Waals surface area (Å²) in [4.78, 5) is 12.5. The summed E-state index contributed by atoms with van der Waals surface area (Å²) in [6, 6.07) is 6.42. The van der Waals surface area contributed by atoms with Crippen molar-refractivity contribution in [1.29, 1.82) is 0 Å². The van der Waals surface area contributed by atoms with Crippen LogP contribution in [0.3, 0.4) is 0 Å². The molecular weight excluding hydrogens is 283 g/mol. The number of para-hydroxylation sites is 1. The summed E-state index contributed by atoms with van der Waals surface area (Å²) < 4.78 is 19.0. The third-order valence-electron chi connectivity index (χ3n) is 4.14. The smallest absolute Gasteiger partial charge is 0.229 e. The average Bonchev–Trinajstić information content (AvgIpc) is 2.49. The normalized spacial score (nSPS) is 22.2. The summed E-state index contributed by atoms with van der Waals surface area (Å²) in [6.45, 7) is 7.72. The number of rotatable bonds is 5. The fourth-order valence-electron chi connectivity index (χ4n) is 2.48. The number of ether oxygens (including phenoxy) is 1. The minimum absolute atomic E-state index is 0.0532. The van der Waals surface area contributed by atoms with E-state index in [0.717, 1.165) is 19.5 Å². The van der Waals surface area contributed by atoms with Crippen molar-refractivity contribution in [2.24, 2.45) is 11.3 Å². The molecule has 0 unspecified atom stereocenters. The van der Waals surface area contributed by atoms with Gasteiger partial charge in [-0.3, -0.25) is 4.79 Å². The predicted molar refractivity (Wildman–Crippen MR) is 84.3 cm³/mol. The van der Waals surface area contributed by atoms with Gasteiger partial charge in [-0.15, -0.1) is 0 Å². The van der Waals surface area contributed by atoms with Gasteiger partial charge in [-0.2, -0.15) is 0 Å². The first kappa shape index (κ1) is 16.7. The van der Waals surface area contributed by atoms with E-state index in [0.29, 0.717) is 5.92 Å². The summed E-state index contributed by atoms with van der Waals surface area (Å²) >= 11 is 0. The van der Waals surface area contributed by atoms with Crippen LogP contribution in [0.15, 0.2) is 24.3 Å². The van der Waals surface area contributed by atoms with Crippen LogP contribution in [0.1, 0.15) is 27.2 Å². The van der Waals surface area contributed by atoms with Crippen LogP contribution in [-0.2, 0) is 4.79 Å². The Balaban J connectivity index is 1.91. The zero-order valence-corrected chi connectivity index (χ0v) is 13.5. The first-order valence-corrected chi connectivity index (χ1v) is 7.79. The van der Waals surface area contributed by atoms with Crippen LogP contribution >= 0.6 is 0 Å². The zero-order valence-electron chi connectivity index (χ0n) is 13.5. The SMILES string of the molecule is C[C@H]1CNCC[C@@H]1NC(=O)C(C)(C)COc1ccccc1F. The van der Waals surface area contributed by atoms with Gasteiger partial charge in [-0.05, 0) is 51.4 Å². The molecule has 0 spiro atoms. The van der Waals surface area contributed by atoms with Crippen molar-refractivity contribution < 1.29 is 13.9 Å². The molecule has 0 aliphatic carbocycles. The van der Waals surface area contributed by atoms with E-state index < -0.39 is 11.2 Å². The molecular formula is C17H25FN2O2. The van der Waals surface area contributed by atoms with Crippen LogP contribution < -0.4 is 15.4 Å². The Morgan fingerprint density at radius 3 is 2.86 bits per heavy atom. The van der Waals surface area contributed by atoms with Gasteiger partial charge in [0.2, 0.25) is 5.91 Å². The molecule has 0 aromatic heterocycles. The molecule has 1 aromatic carbocycles.